The van der Waals surface area contributed by atoms with E-state index in [2.05, 4.69) is 37.5 Å². The molecule has 0 bridgehead atoms. The third kappa shape index (κ3) is 3.56. The summed E-state index contributed by atoms with van der Waals surface area (Å²) >= 11 is 6.50. The number of nitrogens with two attached hydrogens (primary N) is 1. The molecule has 0 amide bonds. The lowest BCUT2D eigenvalue weighted by molar-refractivity contribution is 0.771. The van der Waals surface area contributed by atoms with Crippen LogP contribution in [-0.4, -0.2) is 30.4 Å². The minimum atomic E-state index is -0.0524. The average Bonchev–Trinajstić information content (AvgIpc) is 3.49. The monoisotopic (exact) mass is 465 g/mol. The van der Waals surface area contributed by atoms with Crippen molar-refractivity contribution in [2.45, 2.75) is 12.3 Å². The summed E-state index contributed by atoms with van der Waals surface area (Å²) in [6.07, 6.45) is 0.617. The van der Waals surface area contributed by atoms with Crippen LogP contribution >= 0.6 is 11.6 Å². The first kappa shape index (κ1) is 20.4. The lowest BCUT2D eigenvalue weighted by Crippen LogP contribution is -2.08. The summed E-state index contributed by atoms with van der Waals surface area (Å²) in [6, 6.07) is 26.1. The molecule has 6 rings (SSSR count). The van der Waals surface area contributed by atoms with Crippen LogP contribution in [0.4, 0.5) is 5.82 Å². The first-order chi connectivity index (χ1) is 16.7. The Bertz CT molecular complexity index is 1620. The highest BCUT2D eigenvalue weighted by Gasteiger charge is 2.23. The maximum absolute atomic E-state index is 6.50. The Labute approximate surface area is 200 Å². The highest BCUT2D eigenvalue weighted by molar-refractivity contribution is 6.33. The fourth-order valence-electron chi connectivity index (χ4n) is 4.51. The van der Waals surface area contributed by atoms with Crippen molar-refractivity contribution in [1.82, 2.24) is 30.4 Å². The minimum absolute atomic E-state index is 0.0524. The molecule has 0 aliphatic carbocycles. The van der Waals surface area contributed by atoms with E-state index in [1.165, 1.54) is 0 Å². The van der Waals surface area contributed by atoms with Crippen molar-refractivity contribution < 1.29 is 0 Å². The number of hydrogen-bond acceptors (Lipinski definition) is 5. The van der Waals surface area contributed by atoms with Gasteiger partial charge in [0.05, 0.1) is 11.0 Å². The van der Waals surface area contributed by atoms with Gasteiger partial charge >= 0.3 is 0 Å². The molecular weight excluding hydrogens is 446 g/mol. The summed E-state index contributed by atoms with van der Waals surface area (Å²) in [7, 11) is 0. The predicted molar refractivity (Wildman–Crippen MR) is 135 cm³/mol. The number of nitrogen functional groups attached to an aromatic ring is 1. The van der Waals surface area contributed by atoms with Gasteiger partial charge in [0.1, 0.15) is 17.2 Å². The summed E-state index contributed by atoms with van der Waals surface area (Å²) in [5, 5.41) is 11.9. The average molecular weight is 466 g/mol. The van der Waals surface area contributed by atoms with E-state index in [-0.39, 0.29) is 5.92 Å². The maximum atomic E-state index is 6.50. The molecule has 166 valence electrons. The smallest absolute Gasteiger partial charge is 0.203 e. The van der Waals surface area contributed by atoms with Crippen LogP contribution in [0.25, 0.3) is 33.3 Å². The number of nitrogens with one attached hydrogen (secondary N) is 2. The van der Waals surface area contributed by atoms with Gasteiger partial charge in [0, 0.05) is 28.5 Å². The summed E-state index contributed by atoms with van der Waals surface area (Å²) in [6.45, 7) is 0. The Balaban J connectivity index is 1.48. The maximum Gasteiger partial charge on any atom is 0.203 e. The summed E-state index contributed by atoms with van der Waals surface area (Å²) < 4.78 is 0. The van der Waals surface area contributed by atoms with E-state index >= 15 is 0 Å². The van der Waals surface area contributed by atoms with Gasteiger partial charge in [-0.3, -0.25) is 0 Å². The number of pyridine rings is 1. The first-order valence-corrected chi connectivity index (χ1v) is 11.3. The number of para-hydroxylation sites is 1. The number of aromatic amines is 2. The third-order valence-corrected chi connectivity index (χ3v) is 6.37. The van der Waals surface area contributed by atoms with Crippen LogP contribution in [0.1, 0.15) is 22.9 Å². The number of benzene rings is 3. The Kier molecular flexibility index (Phi) is 4.96. The highest BCUT2D eigenvalue weighted by Crippen LogP contribution is 2.35. The van der Waals surface area contributed by atoms with Crippen molar-refractivity contribution in [2.24, 2.45) is 0 Å². The summed E-state index contributed by atoms with van der Waals surface area (Å²) in [5.41, 5.74) is 13.2. The van der Waals surface area contributed by atoms with Gasteiger partial charge in [-0.2, -0.15) is 10.3 Å². The van der Waals surface area contributed by atoms with Crippen molar-refractivity contribution in [2.75, 3.05) is 5.73 Å². The van der Waals surface area contributed by atoms with E-state index < -0.39 is 0 Å². The number of rotatable bonds is 5. The van der Waals surface area contributed by atoms with Crippen LogP contribution in [0.15, 0.2) is 78.9 Å². The lowest BCUT2D eigenvalue weighted by Gasteiger charge is -2.17. The van der Waals surface area contributed by atoms with E-state index in [0.717, 1.165) is 39.1 Å². The summed E-state index contributed by atoms with van der Waals surface area (Å²) in [5.74, 6) is 1.21. The standard InChI is InChI=1S/C26H20ClN7/c27-20-11-5-4-9-16(20)17-10-6-12-21-24(17)31-23(29-21)14-18(15-7-2-1-3-8-15)19-13-22(28)30-26-25(19)32-34-33-26/h1-13,18H,14H2,(H,29,31)(H3,28,30,32,33,34). The summed E-state index contributed by atoms with van der Waals surface area (Å²) in [4.78, 5) is 12.8. The Hall–Kier alpha value is -4.23. The van der Waals surface area contributed by atoms with Gasteiger partial charge in [-0.1, -0.05) is 72.3 Å². The van der Waals surface area contributed by atoms with Crippen LogP contribution in [-0.2, 0) is 6.42 Å². The Morgan fingerprint density at radius 3 is 2.47 bits per heavy atom. The molecule has 3 heterocycles. The molecule has 3 aromatic heterocycles. The molecule has 1 unspecified atom stereocenters. The van der Waals surface area contributed by atoms with Crippen molar-refractivity contribution in [3.63, 3.8) is 0 Å². The Morgan fingerprint density at radius 1 is 0.824 bits per heavy atom. The molecule has 34 heavy (non-hydrogen) atoms. The normalized spacial score (nSPS) is 12.4. The van der Waals surface area contributed by atoms with E-state index in [4.69, 9.17) is 22.3 Å². The van der Waals surface area contributed by atoms with E-state index in [9.17, 15) is 0 Å². The molecule has 0 radical (unpaired) electrons. The second-order valence-electron chi connectivity index (χ2n) is 8.16. The minimum Gasteiger partial charge on any atom is -0.384 e. The van der Waals surface area contributed by atoms with Crippen LogP contribution in [0.5, 0.6) is 0 Å². The van der Waals surface area contributed by atoms with Gasteiger partial charge in [0.25, 0.3) is 0 Å². The number of H-pyrrole nitrogens is 2. The number of anilines is 1. The van der Waals surface area contributed by atoms with Gasteiger partial charge in [0.15, 0.2) is 0 Å². The van der Waals surface area contributed by atoms with Crippen LogP contribution < -0.4 is 5.73 Å². The van der Waals surface area contributed by atoms with Crippen LogP contribution in [0.3, 0.4) is 0 Å². The van der Waals surface area contributed by atoms with E-state index in [1.807, 2.05) is 66.7 Å². The number of hydrogen-bond donors (Lipinski definition) is 3. The SMILES string of the molecule is Nc1cc(C(Cc2nc3c(-c4ccccc4Cl)cccc3[nH]2)c2ccccc2)c2n[nH]nc2n1. The predicted octanol–water partition coefficient (Wildman–Crippen LogP) is 5.51. The van der Waals surface area contributed by atoms with Gasteiger partial charge in [-0.15, -0.1) is 5.10 Å². The zero-order valence-electron chi connectivity index (χ0n) is 18.0. The van der Waals surface area contributed by atoms with Crippen molar-refractivity contribution in [3.8, 4) is 11.1 Å². The number of halogens is 1. The van der Waals surface area contributed by atoms with Gasteiger partial charge in [-0.05, 0) is 29.3 Å². The van der Waals surface area contributed by atoms with Crippen molar-refractivity contribution in [3.05, 3.63) is 101 Å². The number of nitrogens with zero attached hydrogens (tertiary/aromatic N) is 4. The number of aromatic nitrogens is 6. The molecule has 7 nitrogen and oxygen atoms in total. The Morgan fingerprint density at radius 2 is 1.62 bits per heavy atom. The second kappa shape index (κ2) is 8.28. The largest absolute Gasteiger partial charge is 0.384 e. The molecule has 1 atom stereocenters. The quantitative estimate of drug-likeness (QED) is 0.311. The fraction of sp³-hybridized carbons (Fsp3) is 0.0769. The fourth-order valence-corrected chi connectivity index (χ4v) is 4.75. The highest BCUT2D eigenvalue weighted by atomic mass is 35.5. The topological polar surface area (TPSA) is 109 Å². The molecule has 0 saturated heterocycles. The zero-order chi connectivity index (χ0) is 23.1. The molecule has 0 aliphatic heterocycles. The van der Waals surface area contributed by atoms with Gasteiger partial charge < -0.3 is 10.7 Å². The lowest BCUT2D eigenvalue weighted by atomic mass is 9.88. The zero-order valence-corrected chi connectivity index (χ0v) is 18.8. The van der Waals surface area contributed by atoms with Crippen molar-refractivity contribution >= 4 is 39.6 Å². The molecule has 8 heteroatoms. The third-order valence-electron chi connectivity index (χ3n) is 6.04. The molecule has 3 aromatic carbocycles. The van der Waals surface area contributed by atoms with Crippen LogP contribution in [0.2, 0.25) is 5.02 Å². The molecular formula is C26H20ClN7. The number of fused-ring (bicyclic) bond motifs is 2. The van der Waals surface area contributed by atoms with E-state index in [0.29, 0.717) is 28.4 Å². The second-order valence-corrected chi connectivity index (χ2v) is 8.57. The molecule has 0 aliphatic rings. The molecule has 6 aromatic rings. The van der Waals surface area contributed by atoms with E-state index in [1.54, 1.807) is 0 Å². The van der Waals surface area contributed by atoms with Crippen molar-refractivity contribution in [1.29, 1.82) is 0 Å². The molecule has 0 fully saturated rings. The first-order valence-electron chi connectivity index (χ1n) is 10.9. The van der Waals surface area contributed by atoms with Crippen LogP contribution in [0, 0.1) is 0 Å². The molecule has 0 saturated carbocycles. The molecule has 4 N–H and O–H groups in total. The molecule has 0 spiro atoms. The van der Waals surface area contributed by atoms with Gasteiger partial charge in [0.2, 0.25) is 5.65 Å². The number of imidazole rings is 1. The van der Waals surface area contributed by atoms with Gasteiger partial charge in [-0.25, -0.2) is 9.97 Å².